The number of carbonyl (C=O) groups is 2. The number of benzene rings is 1. The van der Waals surface area contributed by atoms with E-state index in [2.05, 4.69) is 5.32 Å². The highest BCUT2D eigenvalue weighted by Crippen LogP contribution is 2.13. The minimum absolute atomic E-state index is 0.389. The van der Waals surface area contributed by atoms with Gasteiger partial charge in [-0.1, -0.05) is 36.4 Å². The van der Waals surface area contributed by atoms with Crippen LogP contribution in [0, 0.1) is 0 Å². The summed E-state index contributed by atoms with van der Waals surface area (Å²) in [5, 5.41) is 2.75. The Morgan fingerprint density at radius 2 is 1.75 bits per heavy atom. The van der Waals surface area contributed by atoms with Crippen molar-refractivity contribution in [2.75, 3.05) is 27.2 Å². The largest absolute Gasteiger partial charge is 0.348 e. The lowest BCUT2D eigenvalue weighted by molar-refractivity contribution is -0.856. The zero-order chi connectivity index (χ0) is 17.5. The van der Waals surface area contributed by atoms with Crippen molar-refractivity contribution in [1.29, 1.82) is 0 Å². The maximum Gasteiger partial charge on any atom is 0.251 e. The fourth-order valence-electron chi connectivity index (χ4n) is 2.32. The number of ketones is 1. The van der Waals surface area contributed by atoms with E-state index in [9.17, 15) is 14.4 Å². The summed E-state index contributed by atoms with van der Waals surface area (Å²) in [6.45, 7) is 1.16. The maximum absolute atomic E-state index is 12.8. The minimum atomic E-state index is -1.21. The summed E-state index contributed by atoms with van der Waals surface area (Å²) in [6.07, 6.45) is 1.46. The quantitative estimate of drug-likeness (QED) is 0.533. The molecule has 1 aromatic carbocycles. The number of hydrogen-bond acceptors (Lipinski definition) is 3. The third-order valence-electron chi connectivity index (χ3n) is 3.61. The number of hydrogen-bond donors (Lipinski definition) is 2. The summed E-state index contributed by atoms with van der Waals surface area (Å²) in [5.41, 5.74) is 0.00630. The van der Waals surface area contributed by atoms with Crippen molar-refractivity contribution in [3.8, 4) is 0 Å². The van der Waals surface area contributed by atoms with Gasteiger partial charge in [0.15, 0.2) is 11.8 Å². The van der Waals surface area contributed by atoms with Gasteiger partial charge in [-0.2, -0.15) is 0 Å². The molecule has 24 heavy (non-hydrogen) atoms. The number of Topliss-reactive ketones (excluding diaryl/α,β-unsaturated/α-hetero) is 1. The lowest BCUT2D eigenvalue weighted by Crippen LogP contribution is -3.06. The summed E-state index contributed by atoms with van der Waals surface area (Å²) in [7, 11) is 3.95. The molecular formula is C18H22N3O3+. The van der Waals surface area contributed by atoms with Crippen molar-refractivity contribution in [2.24, 2.45) is 0 Å². The zero-order valence-corrected chi connectivity index (χ0v) is 13.9. The first-order chi connectivity index (χ1) is 11.5. The Hall–Kier alpha value is -2.73. The monoisotopic (exact) mass is 328 g/mol. The third kappa shape index (κ3) is 4.39. The van der Waals surface area contributed by atoms with E-state index >= 15 is 0 Å². The van der Waals surface area contributed by atoms with Crippen LogP contribution in [0.2, 0.25) is 0 Å². The average Bonchev–Trinajstić information content (AvgIpc) is 2.57. The highest BCUT2D eigenvalue weighted by Gasteiger charge is 2.29. The first kappa shape index (κ1) is 17.6. The van der Waals surface area contributed by atoms with E-state index in [0.29, 0.717) is 12.1 Å². The molecule has 0 bridgehead atoms. The number of likely N-dealkylation sites (N-methyl/N-ethyl adjacent to an activating group) is 1. The van der Waals surface area contributed by atoms with Gasteiger partial charge in [0.25, 0.3) is 11.5 Å². The molecular weight excluding hydrogens is 306 g/mol. The molecule has 6 nitrogen and oxygen atoms in total. The minimum Gasteiger partial charge on any atom is -0.348 e. The topological polar surface area (TPSA) is 72.6 Å². The Bertz CT molecular complexity index is 753. The van der Waals surface area contributed by atoms with Crippen LogP contribution in [0.25, 0.3) is 0 Å². The molecule has 0 saturated carbocycles. The van der Waals surface area contributed by atoms with Gasteiger partial charge in [-0.25, -0.2) is 0 Å². The third-order valence-corrected chi connectivity index (χ3v) is 3.61. The molecule has 0 aliphatic rings. The summed E-state index contributed by atoms with van der Waals surface area (Å²) in [4.78, 5) is 38.7. The van der Waals surface area contributed by atoms with Gasteiger partial charge in [0.2, 0.25) is 0 Å². The number of rotatable bonds is 7. The van der Waals surface area contributed by atoms with Crippen molar-refractivity contribution in [1.82, 2.24) is 9.88 Å². The molecule has 0 spiro atoms. The van der Waals surface area contributed by atoms with Crippen LogP contribution in [-0.2, 0) is 4.79 Å². The van der Waals surface area contributed by atoms with E-state index in [4.69, 9.17) is 0 Å². The van der Waals surface area contributed by atoms with E-state index in [0.717, 1.165) is 6.54 Å². The van der Waals surface area contributed by atoms with Crippen LogP contribution >= 0.6 is 0 Å². The van der Waals surface area contributed by atoms with E-state index in [1.165, 1.54) is 21.7 Å². The molecule has 2 N–H and O–H groups in total. The predicted octanol–water partition coefficient (Wildman–Crippen LogP) is -0.467. The molecule has 2 rings (SSSR count). The molecule has 1 atom stereocenters. The Labute approximate surface area is 140 Å². The second-order valence-corrected chi connectivity index (χ2v) is 5.83. The van der Waals surface area contributed by atoms with Crippen LogP contribution in [0.4, 0.5) is 0 Å². The molecule has 0 radical (unpaired) electrons. The van der Waals surface area contributed by atoms with Gasteiger partial charge in [-0.15, -0.1) is 0 Å². The van der Waals surface area contributed by atoms with Crippen LogP contribution in [0.1, 0.15) is 16.4 Å². The van der Waals surface area contributed by atoms with Gasteiger partial charge in [0.05, 0.1) is 27.2 Å². The van der Waals surface area contributed by atoms with Crippen molar-refractivity contribution in [3.63, 3.8) is 0 Å². The lowest BCUT2D eigenvalue weighted by Gasteiger charge is -2.18. The molecule has 1 amide bonds. The van der Waals surface area contributed by atoms with Crippen molar-refractivity contribution in [2.45, 2.75) is 6.04 Å². The highest BCUT2D eigenvalue weighted by atomic mass is 16.2. The number of nitrogens with zero attached hydrogens (tertiary/aromatic N) is 1. The van der Waals surface area contributed by atoms with Gasteiger partial charge < -0.3 is 10.2 Å². The van der Waals surface area contributed by atoms with Gasteiger partial charge in [0.1, 0.15) is 0 Å². The Morgan fingerprint density at radius 1 is 1.08 bits per heavy atom. The molecule has 0 aliphatic heterocycles. The molecule has 0 unspecified atom stereocenters. The second-order valence-electron chi connectivity index (χ2n) is 5.83. The standard InChI is InChI=1S/C18H21N3O3/c1-20(2)13-11-19-18(24)16(21-12-7-6-10-15(21)22)17(23)14-8-4-3-5-9-14/h3-10,12,16H,11,13H2,1-2H3,(H,19,24)/p+1/t16-/m0/s1. The van der Waals surface area contributed by atoms with E-state index < -0.39 is 17.7 Å². The zero-order valence-electron chi connectivity index (χ0n) is 13.9. The molecule has 6 heteroatoms. The number of aromatic nitrogens is 1. The van der Waals surface area contributed by atoms with Crippen LogP contribution in [0.5, 0.6) is 0 Å². The maximum atomic E-state index is 12.8. The van der Waals surface area contributed by atoms with E-state index in [-0.39, 0.29) is 5.56 Å². The number of nitrogens with one attached hydrogen (secondary N) is 2. The fourth-order valence-corrected chi connectivity index (χ4v) is 2.32. The van der Waals surface area contributed by atoms with Crippen LogP contribution in [0.15, 0.2) is 59.5 Å². The molecule has 0 aliphatic carbocycles. The SMILES string of the molecule is C[NH+](C)CCNC(=O)[C@H](C(=O)c1ccccc1)n1ccccc1=O. The van der Waals surface area contributed by atoms with Gasteiger partial charge >= 0.3 is 0 Å². The molecule has 2 aromatic rings. The van der Waals surface area contributed by atoms with Crippen molar-refractivity contribution >= 4 is 11.7 Å². The van der Waals surface area contributed by atoms with Gasteiger partial charge in [-0.3, -0.25) is 19.0 Å². The van der Waals surface area contributed by atoms with E-state index in [1.807, 2.05) is 14.1 Å². The first-order valence-corrected chi connectivity index (χ1v) is 7.84. The number of amides is 1. The summed E-state index contributed by atoms with van der Waals surface area (Å²) in [5.74, 6) is -0.878. The Morgan fingerprint density at radius 3 is 2.38 bits per heavy atom. The summed E-state index contributed by atoms with van der Waals surface area (Å²) >= 11 is 0. The molecule has 1 aromatic heterocycles. The van der Waals surface area contributed by atoms with E-state index in [1.54, 1.807) is 42.5 Å². The Kier molecular flexibility index (Phi) is 6.03. The molecule has 0 fully saturated rings. The second kappa shape index (κ2) is 8.21. The first-order valence-electron chi connectivity index (χ1n) is 7.84. The van der Waals surface area contributed by atoms with Crippen LogP contribution in [-0.4, -0.2) is 43.4 Å². The van der Waals surface area contributed by atoms with Crippen molar-refractivity contribution < 1.29 is 14.5 Å². The number of pyridine rings is 1. The van der Waals surface area contributed by atoms with Crippen LogP contribution < -0.4 is 15.8 Å². The molecule has 1 heterocycles. The molecule has 126 valence electrons. The van der Waals surface area contributed by atoms with Crippen LogP contribution in [0.3, 0.4) is 0 Å². The lowest BCUT2D eigenvalue weighted by atomic mass is 10.0. The summed E-state index contributed by atoms with van der Waals surface area (Å²) in [6, 6.07) is 11.9. The predicted molar refractivity (Wildman–Crippen MR) is 91.2 cm³/mol. The number of quaternary nitrogens is 1. The Balaban J connectivity index is 2.32. The average molecular weight is 328 g/mol. The molecule has 0 saturated heterocycles. The van der Waals surface area contributed by atoms with Gasteiger partial charge in [0, 0.05) is 17.8 Å². The number of carbonyl (C=O) groups excluding carboxylic acids is 2. The van der Waals surface area contributed by atoms with Gasteiger partial charge in [-0.05, 0) is 6.07 Å². The van der Waals surface area contributed by atoms with Crippen molar-refractivity contribution in [3.05, 3.63) is 70.6 Å². The fraction of sp³-hybridized carbons (Fsp3) is 0.278. The summed E-state index contributed by atoms with van der Waals surface area (Å²) < 4.78 is 1.17. The normalized spacial score (nSPS) is 12.0. The smallest absolute Gasteiger partial charge is 0.251 e. The highest BCUT2D eigenvalue weighted by molar-refractivity contribution is 6.11.